The highest BCUT2D eigenvalue weighted by Gasteiger charge is 2.14. The molecule has 0 saturated heterocycles. The summed E-state index contributed by atoms with van der Waals surface area (Å²) in [5.41, 5.74) is 17.8. The Morgan fingerprint density at radius 3 is 2.44 bits per heavy atom. The number of nitrogen functional groups attached to an aromatic ring is 1. The maximum absolute atomic E-state index is 13.5. The number of nitriles is 1. The van der Waals surface area contributed by atoms with E-state index in [9.17, 15) is 9.65 Å². The third kappa shape index (κ3) is 6.51. The van der Waals surface area contributed by atoms with Crippen molar-refractivity contribution in [1.29, 1.82) is 5.26 Å². The zero-order chi connectivity index (χ0) is 26.1. The Morgan fingerprint density at radius 1 is 1.14 bits per heavy atom. The summed E-state index contributed by atoms with van der Waals surface area (Å²) in [6.45, 7) is 3.84. The van der Waals surface area contributed by atoms with Crippen molar-refractivity contribution < 1.29 is 4.39 Å². The van der Waals surface area contributed by atoms with Crippen LogP contribution in [-0.2, 0) is 6.42 Å². The molecule has 2 aromatic carbocycles. The van der Waals surface area contributed by atoms with Gasteiger partial charge in [-0.3, -0.25) is 9.98 Å². The van der Waals surface area contributed by atoms with Gasteiger partial charge in [0.15, 0.2) is 0 Å². The number of nitrogens with zero attached hydrogens (tertiary/aromatic N) is 4. The monoisotopic (exact) mass is 480 g/mol. The van der Waals surface area contributed by atoms with Gasteiger partial charge in [0.2, 0.25) is 0 Å². The predicted octanol–water partition coefficient (Wildman–Crippen LogP) is 5.58. The second-order valence-electron chi connectivity index (χ2n) is 8.24. The Balaban J connectivity index is 1.94. The second kappa shape index (κ2) is 12.2. The Hall–Kier alpha value is -4.57. The molecule has 0 aliphatic heterocycles. The first-order valence-corrected chi connectivity index (χ1v) is 11.5. The van der Waals surface area contributed by atoms with Crippen molar-refractivity contribution in [2.45, 2.75) is 26.2 Å². The normalized spacial score (nSPS) is 13.6. The number of aliphatic imine (C=N–C) groups is 2. The van der Waals surface area contributed by atoms with Crippen LogP contribution >= 0.6 is 0 Å². The van der Waals surface area contributed by atoms with Crippen molar-refractivity contribution in [2.75, 3.05) is 12.8 Å². The molecule has 1 atom stereocenters. The number of rotatable bonds is 8. The minimum absolute atomic E-state index is 0.0344. The SMILES string of the molecule is CC=N/C=C(C#N)\C=C(/Cc1ccc(-c2cnc(N)c(C(N)=NC)c2)cc1)C(C)c1ccc(F)cc1. The average molecular weight is 481 g/mol. The number of pyridine rings is 1. The van der Waals surface area contributed by atoms with Crippen molar-refractivity contribution >= 4 is 17.9 Å². The highest BCUT2D eigenvalue weighted by Crippen LogP contribution is 2.29. The van der Waals surface area contributed by atoms with Crippen LogP contribution in [0.15, 0.2) is 94.2 Å². The smallest absolute Gasteiger partial charge is 0.134 e. The van der Waals surface area contributed by atoms with Gasteiger partial charge >= 0.3 is 0 Å². The van der Waals surface area contributed by atoms with Crippen molar-refractivity contribution in [3.8, 4) is 17.2 Å². The minimum Gasteiger partial charge on any atom is -0.383 e. The van der Waals surface area contributed by atoms with Gasteiger partial charge in [0.1, 0.15) is 23.5 Å². The van der Waals surface area contributed by atoms with Crippen LogP contribution in [0.2, 0.25) is 0 Å². The number of allylic oxidation sites excluding steroid dienone is 3. The summed E-state index contributed by atoms with van der Waals surface area (Å²) in [5, 5.41) is 9.60. The van der Waals surface area contributed by atoms with Gasteiger partial charge in [-0.25, -0.2) is 9.37 Å². The van der Waals surface area contributed by atoms with Crippen LogP contribution in [0, 0.1) is 17.1 Å². The van der Waals surface area contributed by atoms with E-state index in [-0.39, 0.29) is 11.7 Å². The molecule has 1 heterocycles. The van der Waals surface area contributed by atoms with Gasteiger partial charge in [0, 0.05) is 37.1 Å². The van der Waals surface area contributed by atoms with E-state index in [0.29, 0.717) is 29.2 Å². The second-order valence-corrected chi connectivity index (χ2v) is 8.24. The first kappa shape index (κ1) is 26.0. The van der Waals surface area contributed by atoms with E-state index in [0.717, 1.165) is 27.8 Å². The summed E-state index contributed by atoms with van der Waals surface area (Å²) >= 11 is 0. The molecule has 0 spiro atoms. The molecule has 7 heteroatoms. The molecule has 3 aromatic rings. The minimum atomic E-state index is -0.283. The third-order valence-corrected chi connectivity index (χ3v) is 5.89. The first-order valence-electron chi connectivity index (χ1n) is 11.5. The van der Waals surface area contributed by atoms with E-state index in [1.54, 1.807) is 38.5 Å². The highest BCUT2D eigenvalue weighted by atomic mass is 19.1. The van der Waals surface area contributed by atoms with Gasteiger partial charge in [0.05, 0.1) is 11.1 Å². The van der Waals surface area contributed by atoms with Crippen LogP contribution in [0.5, 0.6) is 0 Å². The molecule has 36 heavy (non-hydrogen) atoms. The molecule has 182 valence electrons. The molecule has 1 aromatic heterocycles. The number of amidine groups is 1. The fraction of sp³-hybridized carbons (Fsp3) is 0.172. The number of anilines is 1. The quantitative estimate of drug-likeness (QED) is 0.190. The van der Waals surface area contributed by atoms with Crippen molar-refractivity contribution in [3.63, 3.8) is 0 Å². The van der Waals surface area contributed by atoms with Crippen LogP contribution in [0.4, 0.5) is 10.2 Å². The van der Waals surface area contributed by atoms with Gasteiger partial charge in [-0.2, -0.15) is 5.26 Å². The molecule has 0 aliphatic carbocycles. The Bertz CT molecular complexity index is 1360. The fourth-order valence-electron chi connectivity index (χ4n) is 3.76. The van der Waals surface area contributed by atoms with Crippen molar-refractivity contribution in [2.24, 2.45) is 15.7 Å². The molecule has 0 bridgehead atoms. The van der Waals surface area contributed by atoms with E-state index in [1.807, 2.05) is 43.3 Å². The van der Waals surface area contributed by atoms with Gasteiger partial charge < -0.3 is 11.5 Å². The van der Waals surface area contributed by atoms with E-state index in [1.165, 1.54) is 18.3 Å². The maximum atomic E-state index is 13.5. The zero-order valence-electron chi connectivity index (χ0n) is 20.6. The molecular weight excluding hydrogens is 451 g/mol. The van der Waals surface area contributed by atoms with E-state index in [2.05, 4.69) is 21.0 Å². The summed E-state index contributed by atoms with van der Waals surface area (Å²) in [6, 6.07) is 18.6. The van der Waals surface area contributed by atoms with Crippen molar-refractivity contribution in [3.05, 3.63) is 107 Å². The lowest BCUT2D eigenvalue weighted by Crippen LogP contribution is -2.16. The predicted molar refractivity (Wildman–Crippen MR) is 145 cm³/mol. The van der Waals surface area contributed by atoms with E-state index < -0.39 is 0 Å². The van der Waals surface area contributed by atoms with Crippen LogP contribution in [0.25, 0.3) is 11.1 Å². The van der Waals surface area contributed by atoms with Crippen LogP contribution in [-0.4, -0.2) is 24.1 Å². The lowest BCUT2D eigenvalue weighted by Gasteiger charge is -2.17. The zero-order valence-corrected chi connectivity index (χ0v) is 20.6. The molecule has 4 N–H and O–H groups in total. The van der Waals surface area contributed by atoms with E-state index >= 15 is 0 Å². The molecule has 3 rings (SSSR count). The standard InChI is InChI=1S/C29H29FN6/c1-4-35-17-21(16-31)14-24(19(2)22-9-11-26(30)12-10-22)13-20-5-7-23(8-6-20)25-15-27(28(32)34-3)29(33)36-18-25/h4-12,14-15,17-19H,13H2,1-3H3,(H2,32,34)(H2,33,36)/b21-17+,24-14+,35-4?. The summed E-state index contributed by atoms with van der Waals surface area (Å²) in [5.74, 6) is 0.343. The summed E-state index contributed by atoms with van der Waals surface area (Å²) in [7, 11) is 1.61. The number of halogens is 1. The molecule has 0 saturated carbocycles. The van der Waals surface area contributed by atoms with Crippen LogP contribution in [0.1, 0.15) is 36.5 Å². The van der Waals surface area contributed by atoms with Crippen LogP contribution < -0.4 is 11.5 Å². The lowest BCUT2D eigenvalue weighted by atomic mass is 9.87. The van der Waals surface area contributed by atoms with Gasteiger partial charge in [-0.1, -0.05) is 48.9 Å². The van der Waals surface area contributed by atoms with Gasteiger partial charge in [0.25, 0.3) is 0 Å². The third-order valence-electron chi connectivity index (χ3n) is 5.89. The highest BCUT2D eigenvalue weighted by molar-refractivity contribution is 6.02. The molecule has 0 aliphatic rings. The largest absolute Gasteiger partial charge is 0.383 e. The summed E-state index contributed by atoms with van der Waals surface area (Å²) in [4.78, 5) is 12.4. The van der Waals surface area contributed by atoms with Crippen LogP contribution in [0.3, 0.4) is 0 Å². The molecule has 0 fully saturated rings. The van der Waals surface area contributed by atoms with Crippen molar-refractivity contribution in [1.82, 2.24) is 4.98 Å². The number of benzene rings is 2. The number of hydrogen-bond acceptors (Lipinski definition) is 5. The Kier molecular flexibility index (Phi) is 8.84. The summed E-state index contributed by atoms with van der Waals surface area (Å²) < 4.78 is 13.5. The van der Waals surface area contributed by atoms with Gasteiger partial charge in [-0.05, 0) is 54.3 Å². The average Bonchev–Trinajstić information content (AvgIpc) is 2.90. The maximum Gasteiger partial charge on any atom is 0.134 e. The molecule has 6 nitrogen and oxygen atoms in total. The fourth-order valence-corrected chi connectivity index (χ4v) is 3.76. The summed E-state index contributed by atoms with van der Waals surface area (Å²) in [6.07, 6.45) is 7.34. The number of nitrogens with two attached hydrogens (primary N) is 2. The molecule has 1 unspecified atom stereocenters. The Labute approximate surface area is 211 Å². The first-order chi connectivity index (χ1) is 17.4. The Morgan fingerprint density at radius 2 is 1.83 bits per heavy atom. The topological polar surface area (TPSA) is 113 Å². The van der Waals surface area contributed by atoms with E-state index in [4.69, 9.17) is 11.5 Å². The molecular formula is C29H29FN6. The number of hydrogen-bond donors (Lipinski definition) is 2. The molecule has 0 radical (unpaired) electrons. The number of aromatic nitrogens is 1. The lowest BCUT2D eigenvalue weighted by molar-refractivity contribution is 0.626. The van der Waals surface area contributed by atoms with Gasteiger partial charge in [-0.15, -0.1) is 0 Å². The molecule has 0 amide bonds.